The molecule has 16 heavy (non-hydrogen) atoms. The Labute approximate surface area is 95.5 Å². The van der Waals surface area contributed by atoms with Crippen LogP contribution in [0, 0.1) is 6.92 Å². The summed E-state index contributed by atoms with van der Waals surface area (Å²) in [5.41, 5.74) is 1.47. The van der Waals surface area contributed by atoms with Crippen LogP contribution >= 0.6 is 0 Å². The molecule has 0 aliphatic carbocycles. The van der Waals surface area contributed by atoms with Crippen LogP contribution in [0.25, 0.3) is 0 Å². The number of aromatic nitrogens is 2. The SMILES string of the molecule is CCCCn1ncc(C(=O)NCCO)c1C. The Hall–Kier alpha value is -1.36. The molecule has 0 aliphatic rings. The van der Waals surface area contributed by atoms with Crippen LogP contribution < -0.4 is 5.32 Å². The van der Waals surface area contributed by atoms with Gasteiger partial charge >= 0.3 is 0 Å². The van der Waals surface area contributed by atoms with Gasteiger partial charge in [0.2, 0.25) is 0 Å². The summed E-state index contributed by atoms with van der Waals surface area (Å²) in [4.78, 5) is 11.6. The van der Waals surface area contributed by atoms with Crippen LogP contribution in [0.3, 0.4) is 0 Å². The number of carbonyl (C=O) groups excluding carboxylic acids is 1. The maximum atomic E-state index is 11.6. The maximum absolute atomic E-state index is 11.6. The number of nitrogens with zero attached hydrogens (tertiary/aromatic N) is 2. The number of hydrogen-bond donors (Lipinski definition) is 2. The summed E-state index contributed by atoms with van der Waals surface area (Å²) in [7, 11) is 0. The van der Waals surface area contributed by atoms with Crippen molar-refractivity contribution in [2.24, 2.45) is 0 Å². The molecule has 0 unspecified atom stereocenters. The lowest BCUT2D eigenvalue weighted by molar-refractivity contribution is 0.0944. The Morgan fingerprint density at radius 3 is 3.00 bits per heavy atom. The molecule has 0 atom stereocenters. The van der Waals surface area contributed by atoms with E-state index in [0.717, 1.165) is 25.1 Å². The molecule has 0 saturated carbocycles. The first-order valence-electron chi connectivity index (χ1n) is 5.62. The molecule has 90 valence electrons. The van der Waals surface area contributed by atoms with E-state index >= 15 is 0 Å². The minimum absolute atomic E-state index is 0.0469. The van der Waals surface area contributed by atoms with Crippen LogP contribution in [-0.2, 0) is 6.54 Å². The van der Waals surface area contributed by atoms with Crippen LogP contribution in [0.1, 0.15) is 35.8 Å². The van der Waals surface area contributed by atoms with E-state index in [1.54, 1.807) is 6.20 Å². The number of amides is 1. The molecule has 0 radical (unpaired) electrons. The number of hydrogen-bond acceptors (Lipinski definition) is 3. The van der Waals surface area contributed by atoms with Crippen LogP contribution in [0.15, 0.2) is 6.20 Å². The Morgan fingerprint density at radius 2 is 2.38 bits per heavy atom. The van der Waals surface area contributed by atoms with Gasteiger partial charge in [0, 0.05) is 18.8 Å². The fraction of sp³-hybridized carbons (Fsp3) is 0.636. The van der Waals surface area contributed by atoms with Crippen molar-refractivity contribution in [1.29, 1.82) is 0 Å². The smallest absolute Gasteiger partial charge is 0.254 e. The molecule has 1 heterocycles. The number of aryl methyl sites for hydroxylation is 1. The van der Waals surface area contributed by atoms with Gasteiger partial charge in [-0.15, -0.1) is 0 Å². The molecule has 1 rings (SSSR count). The normalized spacial score (nSPS) is 10.4. The molecular weight excluding hydrogens is 206 g/mol. The van der Waals surface area contributed by atoms with Gasteiger partial charge in [-0.25, -0.2) is 0 Å². The Kier molecular flexibility index (Phi) is 4.98. The first-order chi connectivity index (χ1) is 7.70. The fourth-order valence-corrected chi connectivity index (χ4v) is 1.47. The van der Waals surface area contributed by atoms with Crippen molar-refractivity contribution >= 4 is 5.91 Å². The molecule has 1 aromatic rings. The van der Waals surface area contributed by atoms with E-state index in [2.05, 4.69) is 17.3 Å². The highest BCUT2D eigenvalue weighted by molar-refractivity contribution is 5.94. The Balaban J connectivity index is 2.67. The highest BCUT2D eigenvalue weighted by Gasteiger charge is 2.12. The number of carbonyl (C=O) groups is 1. The molecule has 0 aromatic carbocycles. The second-order valence-corrected chi connectivity index (χ2v) is 3.70. The molecule has 0 bridgehead atoms. The van der Waals surface area contributed by atoms with E-state index in [9.17, 15) is 4.79 Å². The van der Waals surface area contributed by atoms with Gasteiger partial charge in [0.1, 0.15) is 0 Å². The van der Waals surface area contributed by atoms with E-state index in [1.807, 2.05) is 11.6 Å². The van der Waals surface area contributed by atoms with E-state index in [0.29, 0.717) is 5.56 Å². The molecule has 2 N–H and O–H groups in total. The lowest BCUT2D eigenvalue weighted by Gasteiger charge is -2.04. The van der Waals surface area contributed by atoms with Gasteiger partial charge in [-0.05, 0) is 13.3 Å². The van der Waals surface area contributed by atoms with Crippen LogP contribution in [-0.4, -0.2) is 33.9 Å². The Morgan fingerprint density at radius 1 is 1.62 bits per heavy atom. The first kappa shape index (κ1) is 12.7. The molecule has 0 fully saturated rings. The predicted molar refractivity (Wildman–Crippen MR) is 61.3 cm³/mol. The first-order valence-corrected chi connectivity index (χ1v) is 5.62. The zero-order valence-corrected chi connectivity index (χ0v) is 9.86. The van der Waals surface area contributed by atoms with E-state index in [1.165, 1.54) is 0 Å². The summed E-state index contributed by atoms with van der Waals surface area (Å²) in [6.45, 7) is 5.08. The van der Waals surface area contributed by atoms with Crippen molar-refractivity contribution in [2.45, 2.75) is 33.2 Å². The van der Waals surface area contributed by atoms with Crippen molar-refractivity contribution in [2.75, 3.05) is 13.2 Å². The van der Waals surface area contributed by atoms with E-state index < -0.39 is 0 Å². The highest BCUT2D eigenvalue weighted by atomic mass is 16.3. The minimum atomic E-state index is -0.172. The lowest BCUT2D eigenvalue weighted by Crippen LogP contribution is -2.26. The summed E-state index contributed by atoms with van der Waals surface area (Å²) in [5.74, 6) is -0.172. The van der Waals surface area contributed by atoms with Crippen molar-refractivity contribution in [3.63, 3.8) is 0 Å². The van der Waals surface area contributed by atoms with Crippen molar-refractivity contribution in [3.05, 3.63) is 17.5 Å². The average molecular weight is 225 g/mol. The molecule has 0 saturated heterocycles. The van der Waals surface area contributed by atoms with Gasteiger partial charge < -0.3 is 10.4 Å². The monoisotopic (exact) mass is 225 g/mol. The fourth-order valence-electron chi connectivity index (χ4n) is 1.47. The summed E-state index contributed by atoms with van der Waals surface area (Å²) in [6, 6.07) is 0. The van der Waals surface area contributed by atoms with Crippen molar-refractivity contribution in [3.8, 4) is 0 Å². The molecule has 5 heteroatoms. The molecule has 0 aliphatic heterocycles. The average Bonchev–Trinajstić information content (AvgIpc) is 2.65. The zero-order valence-electron chi connectivity index (χ0n) is 9.86. The third-order valence-corrected chi connectivity index (χ3v) is 2.47. The number of unbranched alkanes of at least 4 members (excludes halogenated alkanes) is 1. The second-order valence-electron chi connectivity index (χ2n) is 3.70. The van der Waals surface area contributed by atoms with Gasteiger partial charge in [0.25, 0.3) is 5.91 Å². The number of aliphatic hydroxyl groups excluding tert-OH is 1. The summed E-state index contributed by atoms with van der Waals surface area (Å²) >= 11 is 0. The summed E-state index contributed by atoms with van der Waals surface area (Å²) < 4.78 is 1.84. The third-order valence-electron chi connectivity index (χ3n) is 2.47. The van der Waals surface area contributed by atoms with Crippen LogP contribution in [0.4, 0.5) is 0 Å². The molecule has 1 aromatic heterocycles. The number of rotatable bonds is 6. The molecule has 5 nitrogen and oxygen atoms in total. The molecule has 1 amide bonds. The summed E-state index contributed by atoms with van der Waals surface area (Å²) in [6.07, 6.45) is 3.74. The maximum Gasteiger partial charge on any atom is 0.254 e. The quantitative estimate of drug-likeness (QED) is 0.749. The Bertz CT molecular complexity index is 347. The second kappa shape index (κ2) is 6.27. The lowest BCUT2D eigenvalue weighted by atomic mass is 10.2. The van der Waals surface area contributed by atoms with E-state index in [4.69, 9.17) is 5.11 Å². The third kappa shape index (κ3) is 3.06. The van der Waals surface area contributed by atoms with Gasteiger partial charge in [0.15, 0.2) is 0 Å². The van der Waals surface area contributed by atoms with Crippen LogP contribution in [0.2, 0.25) is 0 Å². The van der Waals surface area contributed by atoms with Crippen LogP contribution in [0.5, 0.6) is 0 Å². The van der Waals surface area contributed by atoms with Gasteiger partial charge in [-0.3, -0.25) is 9.48 Å². The molecular formula is C11H19N3O2. The largest absolute Gasteiger partial charge is 0.395 e. The topological polar surface area (TPSA) is 67.2 Å². The summed E-state index contributed by atoms with van der Waals surface area (Å²) in [5, 5.41) is 15.4. The number of aliphatic hydroxyl groups is 1. The minimum Gasteiger partial charge on any atom is -0.395 e. The predicted octanol–water partition coefficient (Wildman–Crippen LogP) is 0.714. The van der Waals surface area contributed by atoms with Crippen molar-refractivity contribution < 1.29 is 9.90 Å². The van der Waals surface area contributed by atoms with Gasteiger partial charge in [-0.1, -0.05) is 13.3 Å². The highest BCUT2D eigenvalue weighted by Crippen LogP contribution is 2.08. The number of nitrogens with one attached hydrogen (secondary N) is 1. The van der Waals surface area contributed by atoms with Crippen molar-refractivity contribution in [1.82, 2.24) is 15.1 Å². The standard InChI is InChI=1S/C11H19N3O2/c1-3-4-6-14-9(2)10(8-13-14)11(16)12-5-7-15/h8,15H,3-7H2,1-2H3,(H,12,16). The zero-order chi connectivity index (χ0) is 12.0. The molecule has 0 spiro atoms. The van der Waals surface area contributed by atoms with Gasteiger partial charge in [-0.2, -0.15) is 5.10 Å². The van der Waals surface area contributed by atoms with E-state index in [-0.39, 0.29) is 19.1 Å². The van der Waals surface area contributed by atoms with Gasteiger partial charge in [0.05, 0.1) is 18.4 Å².